The average molecular weight is 573 g/mol. The molecule has 5 heterocycles. The SMILES string of the molecule is CNc1cc(F)c(F)c2c1[nH]c1ncc(-c3ccc4ccc(C(=O)O)c(=O)n4c3)c(N3CC4CC[C@H](N(C)C)C4C3)c12. The van der Waals surface area contributed by atoms with Gasteiger partial charge in [-0.2, -0.15) is 0 Å². The number of aromatic amines is 1. The van der Waals surface area contributed by atoms with E-state index in [1.54, 1.807) is 31.6 Å². The van der Waals surface area contributed by atoms with Gasteiger partial charge in [-0.25, -0.2) is 18.6 Å². The van der Waals surface area contributed by atoms with Gasteiger partial charge in [0, 0.05) is 61.3 Å². The van der Waals surface area contributed by atoms with E-state index in [0.29, 0.717) is 62.4 Å². The van der Waals surface area contributed by atoms with Crippen LogP contribution in [0.2, 0.25) is 0 Å². The second-order valence-corrected chi connectivity index (χ2v) is 11.6. The minimum atomic E-state index is -1.31. The summed E-state index contributed by atoms with van der Waals surface area (Å²) in [6, 6.07) is 8.01. The summed E-state index contributed by atoms with van der Waals surface area (Å²) in [5, 5.41) is 13.1. The summed E-state index contributed by atoms with van der Waals surface area (Å²) < 4.78 is 31.9. The van der Waals surface area contributed by atoms with Crippen LogP contribution in [0.15, 0.2) is 47.5 Å². The second-order valence-electron chi connectivity index (χ2n) is 11.6. The van der Waals surface area contributed by atoms with Crippen molar-refractivity contribution in [2.24, 2.45) is 11.8 Å². The lowest BCUT2D eigenvalue weighted by molar-refractivity contribution is 0.0694. The number of nitrogens with zero attached hydrogens (tertiary/aromatic N) is 4. The Hall–Kier alpha value is -4.51. The molecule has 7 rings (SSSR count). The van der Waals surface area contributed by atoms with Crippen LogP contribution in [0.3, 0.4) is 0 Å². The van der Waals surface area contributed by atoms with Gasteiger partial charge < -0.3 is 25.2 Å². The number of hydrogen-bond donors (Lipinski definition) is 3. The lowest BCUT2D eigenvalue weighted by atomic mass is 9.97. The smallest absolute Gasteiger partial charge is 0.341 e. The molecule has 1 aromatic carbocycles. The van der Waals surface area contributed by atoms with Gasteiger partial charge in [0.25, 0.3) is 5.56 Å². The van der Waals surface area contributed by atoms with E-state index in [-0.39, 0.29) is 10.9 Å². The van der Waals surface area contributed by atoms with Crippen LogP contribution >= 0.6 is 0 Å². The monoisotopic (exact) mass is 572 g/mol. The van der Waals surface area contributed by atoms with Gasteiger partial charge in [-0.15, -0.1) is 0 Å². The quantitative estimate of drug-likeness (QED) is 0.278. The number of rotatable bonds is 5. The predicted octanol–water partition coefficient (Wildman–Crippen LogP) is 4.79. The van der Waals surface area contributed by atoms with Crippen LogP contribution in [0, 0.1) is 23.5 Å². The number of carbonyl (C=O) groups is 1. The molecule has 0 spiro atoms. The maximum Gasteiger partial charge on any atom is 0.341 e. The van der Waals surface area contributed by atoms with Crippen LogP contribution in [-0.4, -0.2) is 70.6 Å². The van der Waals surface area contributed by atoms with Crippen LogP contribution in [0.5, 0.6) is 0 Å². The highest BCUT2D eigenvalue weighted by molar-refractivity contribution is 6.18. The number of carboxylic acid groups (broad SMARTS) is 1. The van der Waals surface area contributed by atoms with Crippen molar-refractivity contribution in [2.75, 3.05) is 44.4 Å². The molecule has 2 fully saturated rings. The zero-order chi connectivity index (χ0) is 29.4. The van der Waals surface area contributed by atoms with Crippen LogP contribution < -0.4 is 15.8 Å². The molecule has 2 aliphatic rings. The van der Waals surface area contributed by atoms with Gasteiger partial charge in [0.2, 0.25) is 0 Å². The van der Waals surface area contributed by atoms with E-state index in [0.717, 1.165) is 32.0 Å². The van der Waals surface area contributed by atoms with E-state index in [2.05, 4.69) is 39.2 Å². The third kappa shape index (κ3) is 3.79. The first-order valence-electron chi connectivity index (χ1n) is 14.0. The van der Waals surface area contributed by atoms with Crippen molar-refractivity contribution in [3.05, 3.63) is 70.3 Å². The van der Waals surface area contributed by atoms with Crippen molar-refractivity contribution >= 4 is 44.8 Å². The van der Waals surface area contributed by atoms with Gasteiger partial charge >= 0.3 is 5.97 Å². The molecule has 0 bridgehead atoms. The lowest BCUT2D eigenvalue weighted by Crippen LogP contribution is -2.35. The van der Waals surface area contributed by atoms with Crippen LogP contribution in [-0.2, 0) is 0 Å². The molecule has 5 aromatic rings. The lowest BCUT2D eigenvalue weighted by Gasteiger charge is -2.28. The number of aromatic nitrogens is 3. The Balaban J connectivity index is 1.52. The molecule has 2 unspecified atom stereocenters. The largest absolute Gasteiger partial charge is 0.477 e. The Morgan fingerprint density at radius 2 is 1.93 bits per heavy atom. The van der Waals surface area contributed by atoms with Crippen LogP contribution in [0.1, 0.15) is 23.2 Å². The molecule has 4 aromatic heterocycles. The Kier molecular flexibility index (Phi) is 5.98. The minimum absolute atomic E-state index is 0.117. The fourth-order valence-corrected chi connectivity index (χ4v) is 7.26. The maximum atomic E-state index is 15.7. The molecule has 1 aliphatic carbocycles. The fraction of sp³-hybridized carbons (Fsp3) is 0.323. The van der Waals surface area contributed by atoms with Gasteiger partial charge in [-0.3, -0.25) is 9.20 Å². The van der Waals surface area contributed by atoms with E-state index in [4.69, 9.17) is 0 Å². The molecule has 3 atom stereocenters. The zero-order valence-electron chi connectivity index (χ0n) is 23.4. The first-order valence-corrected chi connectivity index (χ1v) is 14.0. The first kappa shape index (κ1) is 26.4. The summed E-state index contributed by atoms with van der Waals surface area (Å²) in [5.41, 5.74) is 2.78. The van der Waals surface area contributed by atoms with E-state index in [1.165, 1.54) is 10.5 Å². The van der Waals surface area contributed by atoms with Gasteiger partial charge in [-0.1, -0.05) is 6.07 Å². The van der Waals surface area contributed by atoms with Crippen molar-refractivity contribution in [1.82, 2.24) is 19.3 Å². The standard InChI is InChI=1S/C31H30F2N6O3/c1-34-22-10-21(32)26(33)24-25-28(38-12-15-5-9-23(37(2)3)20(15)14-38)19(11-35-29(25)36-27(22)24)16-4-6-17-7-8-18(31(41)42)30(40)39(17)13-16/h4,6-8,10-11,13,15,20,23,34H,5,9,12,14H2,1-3H3,(H,35,36)(H,41,42)/t15?,20?,23-/m0/s1. The highest BCUT2D eigenvalue weighted by Gasteiger charge is 2.44. The number of fused-ring (bicyclic) bond motifs is 5. The topological polar surface area (TPSA) is 106 Å². The zero-order valence-corrected chi connectivity index (χ0v) is 23.4. The Labute approximate surface area is 239 Å². The highest BCUT2D eigenvalue weighted by atomic mass is 19.2. The van der Waals surface area contributed by atoms with Crippen molar-refractivity contribution in [1.29, 1.82) is 0 Å². The number of hydrogen-bond acceptors (Lipinski definition) is 6. The second kappa shape index (κ2) is 9.52. The van der Waals surface area contributed by atoms with E-state index >= 15 is 4.39 Å². The molecule has 9 nitrogen and oxygen atoms in total. The molecule has 11 heteroatoms. The molecule has 1 aliphatic heterocycles. The molecule has 42 heavy (non-hydrogen) atoms. The first-order chi connectivity index (χ1) is 20.2. The number of anilines is 2. The normalized spacial score (nSPS) is 20.3. The summed E-state index contributed by atoms with van der Waals surface area (Å²) in [4.78, 5) is 37.1. The highest BCUT2D eigenvalue weighted by Crippen LogP contribution is 2.48. The van der Waals surface area contributed by atoms with Gasteiger partial charge in [0.1, 0.15) is 11.2 Å². The van der Waals surface area contributed by atoms with Crippen LogP contribution in [0.4, 0.5) is 20.2 Å². The number of carboxylic acids is 1. The predicted molar refractivity (Wildman–Crippen MR) is 159 cm³/mol. The van der Waals surface area contributed by atoms with Gasteiger partial charge in [0.15, 0.2) is 11.6 Å². The fourth-order valence-electron chi connectivity index (χ4n) is 7.26. The van der Waals surface area contributed by atoms with Crippen LogP contribution in [0.25, 0.3) is 38.6 Å². The molecule has 0 amide bonds. The summed E-state index contributed by atoms with van der Waals surface area (Å²) in [7, 11) is 5.85. The third-order valence-electron chi connectivity index (χ3n) is 9.22. The van der Waals surface area contributed by atoms with E-state index < -0.39 is 23.2 Å². The molecule has 1 saturated carbocycles. The Bertz CT molecular complexity index is 1980. The van der Waals surface area contributed by atoms with E-state index in [1.807, 2.05) is 6.07 Å². The summed E-state index contributed by atoms with van der Waals surface area (Å²) >= 11 is 0. The maximum absolute atomic E-state index is 15.7. The summed E-state index contributed by atoms with van der Waals surface area (Å²) in [6.07, 6.45) is 5.48. The van der Waals surface area contributed by atoms with Gasteiger partial charge in [-0.05, 0) is 57.0 Å². The van der Waals surface area contributed by atoms with Gasteiger partial charge in [0.05, 0.1) is 27.7 Å². The Morgan fingerprint density at radius 3 is 2.67 bits per heavy atom. The molecular formula is C31H30F2N6O3. The summed E-state index contributed by atoms with van der Waals surface area (Å²) in [6.45, 7) is 1.49. The number of halogens is 2. The molecular weight excluding hydrogens is 542 g/mol. The number of pyridine rings is 3. The van der Waals surface area contributed by atoms with Crippen molar-refractivity contribution in [3.63, 3.8) is 0 Å². The average Bonchev–Trinajstić information content (AvgIpc) is 3.67. The number of benzene rings is 1. The van der Waals surface area contributed by atoms with Crippen molar-refractivity contribution in [3.8, 4) is 11.1 Å². The number of aromatic carboxylic acids is 1. The molecule has 0 radical (unpaired) electrons. The molecule has 1 saturated heterocycles. The molecule has 3 N–H and O–H groups in total. The minimum Gasteiger partial charge on any atom is -0.477 e. The Morgan fingerprint density at radius 1 is 1.14 bits per heavy atom. The summed E-state index contributed by atoms with van der Waals surface area (Å²) in [5.74, 6) is -2.37. The number of H-pyrrole nitrogens is 1. The number of nitrogens with one attached hydrogen (secondary N) is 2. The van der Waals surface area contributed by atoms with E-state index in [9.17, 15) is 19.1 Å². The van der Waals surface area contributed by atoms with Crippen molar-refractivity contribution in [2.45, 2.75) is 18.9 Å². The molecule has 216 valence electrons. The van der Waals surface area contributed by atoms with Crippen molar-refractivity contribution < 1.29 is 18.7 Å². The third-order valence-corrected chi connectivity index (χ3v) is 9.22.